The Labute approximate surface area is 193 Å². The largest absolute Gasteiger partial charge is 0.387 e. The second-order valence-electron chi connectivity index (χ2n) is 8.57. The van der Waals surface area contributed by atoms with Crippen LogP contribution in [-0.4, -0.2) is 78.6 Å². The fraction of sp³-hybridized carbons (Fsp3) is 0.667. The third kappa shape index (κ3) is 5.40. The zero-order valence-electron chi connectivity index (χ0n) is 17.7. The summed E-state index contributed by atoms with van der Waals surface area (Å²) in [7, 11) is -9.25. The number of sulfone groups is 1. The molecule has 5 N–H and O–H groups in total. The van der Waals surface area contributed by atoms with Crippen LogP contribution >= 0.6 is 7.60 Å². The van der Waals surface area contributed by atoms with E-state index in [1.807, 2.05) is 0 Å². The molecule has 0 amide bonds. The Morgan fingerprint density at radius 2 is 1.88 bits per heavy atom. The number of aromatic nitrogens is 3. The summed E-state index contributed by atoms with van der Waals surface area (Å²) in [6, 6.07) is 1.59. The lowest BCUT2D eigenvalue weighted by Gasteiger charge is -2.19. The molecule has 2 aromatic rings. The fourth-order valence-corrected chi connectivity index (χ4v) is 7.63. The lowest BCUT2D eigenvalue weighted by Crippen LogP contribution is -2.35. The minimum Gasteiger partial charge on any atom is -0.387 e. The van der Waals surface area contributed by atoms with Crippen molar-refractivity contribution < 1.29 is 46.5 Å². The molecule has 12 nitrogen and oxygen atoms in total. The van der Waals surface area contributed by atoms with Crippen LogP contribution in [0.25, 0.3) is 11.0 Å². The Bertz CT molecular complexity index is 1200. The van der Waals surface area contributed by atoms with Crippen LogP contribution in [0.15, 0.2) is 12.3 Å². The molecule has 0 bridgehead atoms. The van der Waals surface area contributed by atoms with Crippen molar-refractivity contribution in [1.82, 2.24) is 14.5 Å². The van der Waals surface area contributed by atoms with E-state index in [-0.39, 0.29) is 17.5 Å². The van der Waals surface area contributed by atoms with E-state index in [1.54, 1.807) is 0 Å². The van der Waals surface area contributed by atoms with Crippen LogP contribution in [0.4, 0.5) is 14.6 Å². The van der Waals surface area contributed by atoms with Gasteiger partial charge in [0, 0.05) is 12.2 Å². The molecule has 3 heterocycles. The number of nitrogens with one attached hydrogen (secondary N) is 1. The summed E-state index contributed by atoms with van der Waals surface area (Å²) in [5.41, 5.74) is -1.46. The molecular weight excluding hydrogens is 501 g/mol. The maximum atomic E-state index is 13.5. The standard InChI is InChI=1S/C18H25F2N4O8PS/c19-14(20)16-22-15(21-9-3-1-2-4-9)10-5-6-24(17(10)23-16)18-13(26)12(25)11(32-18)7-34(30,31)8-33(27,28)29/h5-6,9,11-14,18,25-26H,1-4,7-8H2,(H,21,22,23)(H2,27,28,29)/t11-,12-,13-,18-/m1/s1. The molecule has 4 atom stereocenters. The first-order valence-electron chi connectivity index (χ1n) is 10.5. The zero-order valence-corrected chi connectivity index (χ0v) is 19.4. The van der Waals surface area contributed by atoms with Gasteiger partial charge in [-0.15, -0.1) is 0 Å². The van der Waals surface area contributed by atoms with Gasteiger partial charge in [-0.05, 0) is 18.9 Å². The van der Waals surface area contributed by atoms with Gasteiger partial charge in [0.1, 0.15) is 29.8 Å². The molecule has 190 valence electrons. The number of halogens is 2. The Morgan fingerprint density at radius 1 is 1.21 bits per heavy atom. The number of ether oxygens (including phenoxy) is 1. The van der Waals surface area contributed by atoms with Crippen LogP contribution in [0, 0.1) is 0 Å². The van der Waals surface area contributed by atoms with E-state index in [0.29, 0.717) is 5.39 Å². The molecule has 2 aromatic heterocycles. The molecule has 1 saturated carbocycles. The van der Waals surface area contributed by atoms with Crippen LogP contribution in [-0.2, 0) is 19.1 Å². The quantitative estimate of drug-likeness (QED) is 0.308. The molecular formula is C18H25F2N4O8PS. The molecule has 4 rings (SSSR count). The first-order chi connectivity index (χ1) is 15.8. The van der Waals surface area contributed by atoms with E-state index in [2.05, 4.69) is 15.3 Å². The van der Waals surface area contributed by atoms with Crippen molar-refractivity contribution in [1.29, 1.82) is 0 Å². The lowest BCUT2D eigenvalue weighted by molar-refractivity contribution is -0.0289. The summed E-state index contributed by atoms with van der Waals surface area (Å²) in [4.78, 5) is 25.8. The Kier molecular flexibility index (Phi) is 6.99. The van der Waals surface area contributed by atoms with Crippen molar-refractivity contribution >= 4 is 34.3 Å². The summed E-state index contributed by atoms with van der Waals surface area (Å²) in [6.07, 6.45) is -4.16. The molecule has 2 fully saturated rings. The Hall–Kier alpha value is -1.74. The van der Waals surface area contributed by atoms with Gasteiger partial charge < -0.3 is 34.6 Å². The summed E-state index contributed by atoms with van der Waals surface area (Å²) < 4.78 is 69.0. The van der Waals surface area contributed by atoms with Gasteiger partial charge >= 0.3 is 7.60 Å². The van der Waals surface area contributed by atoms with Gasteiger partial charge in [-0.2, -0.15) is 0 Å². The SMILES string of the molecule is O=P(O)(O)CS(=O)(=O)C[C@H]1O[C@@H](n2ccc3c(NC4CCCC4)nc(C(F)F)nc32)[C@H](O)[C@@H]1O. The predicted molar refractivity (Wildman–Crippen MR) is 115 cm³/mol. The number of fused-ring (bicyclic) bond motifs is 1. The number of rotatable bonds is 8. The minimum atomic E-state index is -4.90. The van der Waals surface area contributed by atoms with Gasteiger partial charge in [-0.3, -0.25) is 4.57 Å². The predicted octanol–water partition coefficient (Wildman–Crippen LogP) is 0.893. The molecule has 0 spiro atoms. The first-order valence-corrected chi connectivity index (χ1v) is 14.2. The summed E-state index contributed by atoms with van der Waals surface area (Å²) in [5, 5.41) is 24.4. The highest BCUT2D eigenvalue weighted by molar-refractivity contribution is 7.97. The normalized spacial score (nSPS) is 26.7. The van der Waals surface area contributed by atoms with E-state index in [1.165, 1.54) is 16.8 Å². The molecule has 1 aliphatic heterocycles. The molecule has 0 unspecified atom stereocenters. The number of alkyl halides is 2. The Balaban J connectivity index is 1.65. The van der Waals surface area contributed by atoms with Crippen LogP contribution in [0.5, 0.6) is 0 Å². The monoisotopic (exact) mass is 526 g/mol. The number of hydrogen-bond donors (Lipinski definition) is 5. The van der Waals surface area contributed by atoms with E-state index in [0.717, 1.165) is 25.7 Å². The van der Waals surface area contributed by atoms with Crippen molar-refractivity contribution in [2.24, 2.45) is 0 Å². The van der Waals surface area contributed by atoms with Gasteiger partial charge in [0.2, 0.25) is 0 Å². The van der Waals surface area contributed by atoms with Gasteiger partial charge in [-0.1, -0.05) is 12.8 Å². The molecule has 0 radical (unpaired) electrons. The second kappa shape index (κ2) is 9.37. The van der Waals surface area contributed by atoms with Crippen molar-refractivity contribution in [2.45, 2.75) is 62.7 Å². The third-order valence-electron chi connectivity index (χ3n) is 5.87. The molecule has 2 aliphatic rings. The average molecular weight is 526 g/mol. The van der Waals surface area contributed by atoms with E-state index >= 15 is 0 Å². The van der Waals surface area contributed by atoms with Crippen LogP contribution in [0.3, 0.4) is 0 Å². The molecule has 1 aliphatic carbocycles. The number of hydrogen-bond acceptors (Lipinski definition) is 9. The lowest BCUT2D eigenvalue weighted by atomic mass is 10.1. The van der Waals surface area contributed by atoms with Gasteiger partial charge in [0.15, 0.2) is 27.4 Å². The highest BCUT2D eigenvalue weighted by Gasteiger charge is 2.46. The van der Waals surface area contributed by atoms with E-state index in [4.69, 9.17) is 14.5 Å². The van der Waals surface area contributed by atoms with Crippen LogP contribution in [0.2, 0.25) is 0 Å². The maximum Gasteiger partial charge on any atom is 0.340 e. The third-order valence-corrected chi connectivity index (χ3v) is 9.63. The topological polar surface area (TPSA) is 184 Å². The van der Waals surface area contributed by atoms with E-state index < -0.39 is 65.5 Å². The number of anilines is 1. The van der Waals surface area contributed by atoms with Gasteiger partial charge in [-0.25, -0.2) is 27.2 Å². The molecule has 0 aromatic carbocycles. The van der Waals surface area contributed by atoms with Gasteiger partial charge in [0.25, 0.3) is 6.43 Å². The minimum absolute atomic E-state index is 0.0132. The van der Waals surface area contributed by atoms with E-state index in [9.17, 15) is 32.0 Å². The molecule has 34 heavy (non-hydrogen) atoms. The van der Waals surface area contributed by atoms with Crippen molar-refractivity contribution in [3.05, 3.63) is 18.1 Å². The Morgan fingerprint density at radius 3 is 2.50 bits per heavy atom. The highest BCUT2D eigenvalue weighted by atomic mass is 32.2. The first kappa shape index (κ1) is 25.4. The zero-order chi connectivity index (χ0) is 24.8. The van der Waals surface area contributed by atoms with Crippen LogP contribution in [0.1, 0.15) is 44.2 Å². The second-order valence-corrected chi connectivity index (χ2v) is 12.8. The fourth-order valence-electron chi connectivity index (χ4n) is 4.38. The number of nitrogens with zero attached hydrogens (tertiary/aromatic N) is 3. The average Bonchev–Trinajstić information content (AvgIpc) is 3.42. The molecule has 1 saturated heterocycles. The van der Waals surface area contributed by atoms with Crippen molar-refractivity contribution in [3.63, 3.8) is 0 Å². The molecule has 16 heteroatoms. The summed E-state index contributed by atoms with van der Waals surface area (Å²) in [5.74, 6) is -1.51. The van der Waals surface area contributed by atoms with Crippen molar-refractivity contribution in [3.8, 4) is 0 Å². The van der Waals surface area contributed by atoms with Crippen LogP contribution < -0.4 is 5.32 Å². The number of aliphatic hydroxyl groups is 2. The number of aliphatic hydroxyl groups excluding tert-OH is 2. The highest BCUT2D eigenvalue weighted by Crippen LogP contribution is 2.39. The van der Waals surface area contributed by atoms with Gasteiger partial charge in [0.05, 0.1) is 11.1 Å². The smallest absolute Gasteiger partial charge is 0.340 e. The maximum absolute atomic E-state index is 13.5. The summed E-state index contributed by atoms with van der Waals surface area (Å²) >= 11 is 0. The van der Waals surface area contributed by atoms with Crippen molar-refractivity contribution in [2.75, 3.05) is 16.6 Å². The summed E-state index contributed by atoms with van der Waals surface area (Å²) in [6.45, 7) is 0.